The number of aryl methyl sites for hydroxylation is 1. The van der Waals surface area contributed by atoms with Crippen molar-refractivity contribution in [1.82, 2.24) is 5.16 Å². The van der Waals surface area contributed by atoms with Gasteiger partial charge < -0.3 is 10.3 Å². The number of rotatable bonds is 2. The van der Waals surface area contributed by atoms with Crippen molar-refractivity contribution in [3.63, 3.8) is 0 Å². The van der Waals surface area contributed by atoms with Gasteiger partial charge >= 0.3 is 0 Å². The topological polar surface area (TPSA) is 52.0 Å². The summed E-state index contributed by atoms with van der Waals surface area (Å²) in [6.07, 6.45) is 0. The van der Waals surface area contributed by atoms with Gasteiger partial charge in [-0.05, 0) is 23.3 Å². The Morgan fingerprint density at radius 1 is 1.05 bits per heavy atom. The molecule has 0 amide bonds. The second-order valence-electron chi connectivity index (χ2n) is 7.05. The van der Waals surface area contributed by atoms with Crippen LogP contribution in [0.25, 0.3) is 11.1 Å². The fourth-order valence-electron chi connectivity index (χ4n) is 3.38. The van der Waals surface area contributed by atoms with Gasteiger partial charge in [-0.3, -0.25) is 0 Å². The van der Waals surface area contributed by atoms with Crippen LogP contribution in [0, 0.1) is 17.8 Å². The lowest BCUT2D eigenvalue weighted by Crippen LogP contribution is -1.95. The van der Waals surface area contributed by atoms with Gasteiger partial charge in [-0.25, -0.2) is 0 Å². The van der Waals surface area contributed by atoms with Crippen molar-refractivity contribution in [2.75, 3.05) is 5.73 Å². The van der Waals surface area contributed by atoms with E-state index >= 15 is 0 Å². The quantitative estimate of drug-likeness (QED) is 0.881. The third-order valence-electron chi connectivity index (χ3n) is 5.37. The van der Waals surface area contributed by atoms with Crippen molar-refractivity contribution in [2.45, 2.75) is 40.5 Å². The molecule has 3 heteroatoms. The van der Waals surface area contributed by atoms with Gasteiger partial charge in [0.25, 0.3) is 0 Å². The molecule has 1 aromatic heterocycles. The molecule has 1 aromatic carbocycles. The Labute approximate surface area is 120 Å². The maximum absolute atomic E-state index is 6.05. The van der Waals surface area contributed by atoms with Crippen LogP contribution < -0.4 is 5.73 Å². The van der Waals surface area contributed by atoms with Crippen LogP contribution >= 0.6 is 0 Å². The van der Waals surface area contributed by atoms with Gasteiger partial charge in [0.05, 0.1) is 5.56 Å². The molecule has 0 aliphatic heterocycles. The second kappa shape index (κ2) is 3.87. The molecule has 0 bridgehead atoms. The van der Waals surface area contributed by atoms with Crippen molar-refractivity contribution in [2.24, 2.45) is 10.8 Å². The van der Waals surface area contributed by atoms with Crippen molar-refractivity contribution >= 4 is 5.82 Å². The summed E-state index contributed by atoms with van der Waals surface area (Å²) >= 11 is 0. The zero-order chi connectivity index (χ0) is 14.7. The van der Waals surface area contributed by atoms with Gasteiger partial charge in [-0.2, -0.15) is 0 Å². The molecule has 1 saturated carbocycles. The number of benzene rings is 1. The average Bonchev–Trinajstić information content (AvgIpc) is 2.65. The molecule has 0 radical (unpaired) electrons. The first-order valence-electron chi connectivity index (χ1n) is 7.09. The van der Waals surface area contributed by atoms with Gasteiger partial charge in [0.1, 0.15) is 0 Å². The van der Waals surface area contributed by atoms with E-state index < -0.39 is 0 Å². The summed E-state index contributed by atoms with van der Waals surface area (Å²) in [7, 11) is 0. The van der Waals surface area contributed by atoms with Gasteiger partial charge in [0.2, 0.25) is 0 Å². The highest BCUT2D eigenvalue weighted by atomic mass is 16.5. The van der Waals surface area contributed by atoms with Crippen LogP contribution in [0.15, 0.2) is 28.8 Å². The Bertz CT molecular complexity index is 636. The van der Waals surface area contributed by atoms with Crippen molar-refractivity contribution in [3.05, 3.63) is 35.6 Å². The van der Waals surface area contributed by atoms with E-state index in [1.807, 2.05) is 0 Å². The summed E-state index contributed by atoms with van der Waals surface area (Å²) in [6, 6.07) is 8.36. The summed E-state index contributed by atoms with van der Waals surface area (Å²) in [4.78, 5) is 0. The third-order valence-corrected chi connectivity index (χ3v) is 5.37. The van der Waals surface area contributed by atoms with E-state index in [4.69, 9.17) is 10.3 Å². The molecule has 20 heavy (non-hydrogen) atoms. The number of hydrogen-bond donors (Lipinski definition) is 1. The summed E-state index contributed by atoms with van der Waals surface area (Å²) in [5.41, 5.74) is 9.75. The Balaban J connectivity index is 2.10. The first kappa shape index (κ1) is 13.2. The highest BCUT2D eigenvalue weighted by molar-refractivity contribution is 5.77. The SMILES string of the molecule is Cc1ccc(-c2c(N)noc2C2C(C)(C)C2(C)C)cc1. The van der Waals surface area contributed by atoms with E-state index in [9.17, 15) is 0 Å². The van der Waals surface area contributed by atoms with Crippen molar-refractivity contribution in [3.8, 4) is 11.1 Å². The summed E-state index contributed by atoms with van der Waals surface area (Å²) in [5.74, 6) is 1.78. The first-order chi connectivity index (χ1) is 9.26. The van der Waals surface area contributed by atoms with E-state index in [2.05, 4.69) is 64.0 Å². The molecule has 0 unspecified atom stereocenters. The maximum Gasteiger partial charge on any atom is 0.175 e. The first-order valence-corrected chi connectivity index (χ1v) is 7.09. The number of aromatic nitrogens is 1. The number of hydrogen-bond acceptors (Lipinski definition) is 3. The van der Waals surface area contributed by atoms with Crippen molar-refractivity contribution in [1.29, 1.82) is 0 Å². The van der Waals surface area contributed by atoms with E-state index in [0.29, 0.717) is 11.7 Å². The van der Waals surface area contributed by atoms with Crippen LogP contribution in [0.5, 0.6) is 0 Å². The van der Waals surface area contributed by atoms with Crippen LogP contribution in [0.3, 0.4) is 0 Å². The fraction of sp³-hybridized carbons (Fsp3) is 0.471. The van der Waals surface area contributed by atoms with E-state index in [1.165, 1.54) is 5.56 Å². The van der Waals surface area contributed by atoms with E-state index in [-0.39, 0.29) is 10.8 Å². The fourth-order valence-corrected chi connectivity index (χ4v) is 3.38. The molecule has 1 heterocycles. The smallest absolute Gasteiger partial charge is 0.175 e. The summed E-state index contributed by atoms with van der Waals surface area (Å²) in [5, 5.41) is 4.01. The highest BCUT2D eigenvalue weighted by Crippen LogP contribution is 2.74. The summed E-state index contributed by atoms with van der Waals surface area (Å²) in [6.45, 7) is 11.2. The average molecular weight is 270 g/mol. The van der Waals surface area contributed by atoms with Crippen molar-refractivity contribution < 1.29 is 4.52 Å². The predicted molar refractivity (Wildman–Crippen MR) is 81.4 cm³/mol. The van der Waals surface area contributed by atoms with Gasteiger partial charge in [0, 0.05) is 5.92 Å². The van der Waals surface area contributed by atoms with Crippen LogP contribution in [0.1, 0.15) is 44.9 Å². The zero-order valence-electron chi connectivity index (χ0n) is 12.8. The molecule has 0 saturated heterocycles. The molecule has 0 atom stereocenters. The lowest BCUT2D eigenvalue weighted by molar-refractivity contribution is 0.374. The third kappa shape index (κ3) is 1.62. The lowest BCUT2D eigenvalue weighted by atomic mass is 9.99. The molecule has 2 aromatic rings. The Kier molecular flexibility index (Phi) is 2.56. The second-order valence-corrected chi connectivity index (χ2v) is 7.05. The Morgan fingerprint density at radius 3 is 2.10 bits per heavy atom. The van der Waals surface area contributed by atoms with Gasteiger partial charge in [-0.1, -0.05) is 62.7 Å². The van der Waals surface area contributed by atoms with Crippen LogP contribution in [0.4, 0.5) is 5.82 Å². The molecule has 3 rings (SSSR count). The van der Waals surface area contributed by atoms with Gasteiger partial charge in [-0.15, -0.1) is 0 Å². The van der Waals surface area contributed by atoms with Crippen LogP contribution in [0.2, 0.25) is 0 Å². The molecule has 106 valence electrons. The molecule has 2 N–H and O–H groups in total. The zero-order valence-corrected chi connectivity index (χ0v) is 12.8. The standard InChI is InChI=1S/C17H22N2O/c1-10-6-8-11(9-7-10)12-13(20-19-15(12)18)14-16(2,3)17(14,4)5/h6-9,14H,1-5H3,(H2,18,19). The minimum Gasteiger partial charge on any atom is -0.380 e. The number of anilines is 1. The molecule has 1 aliphatic rings. The number of nitrogens with zero attached hydrogens (tertiary/aromatic N) is 1. The summed E-state index contributed by atoms with van der Waals surface area (Å²) < 4.78 is 5.60. The van der Waals surface area contributed by atoms with Gasteiger partial charge in [0.15, 0.2) is 11.6 Å². The molecule has 3 nitrogen and oxygen atoms in total. The minimum absolute atomic E-state index is 0.207. The Morgan fingerprint density at radius 2 is 1.60 bits per heavy atom. The normalized spacial score (nSPS) is 20.1. The van der Waals surface area contributed by atoms with E-state index in [1.54, 1.807) is 0 Å². The molecular formula is C17H22N2O. The maximum atomic E-state index is 6.05. The number of nitrogen functional groups attached to an aromatic ring is 1. The molecule has 1 fully saturated rings. The number of nitrogens with two attached hydrogens (primary N) is 1. The van der Waals surface area contributed by atoms with Crippen LogP contribution in [-0.2, 0) is 0 Å². The van der Waals surface area contributed by atoms with E-state index in [0.717, 1.165) is 16.9 Å². The molecule has 0 spiro atoms. The molecule has 1 aliphatic carbocycles. The predicted octanol–water partition coefficient (Wildman–Crippen LogP) is 4.38. The van der Waals surface area contributed by atoms with Crippen LogP contribution in [-0.4, -0.2) is 5.16 Å². The largest absolute Gasteiger partial charge is 0.380 e. The minimum atomic E-state index is 0.207. The Hall–Kier alpha value is -1.77. The molecular weight excluding hydrogens is 248 g/mol. The lowest BCUT2D eigenvalue weighted by Gasteiger charge is -2.04. The highest BCUT2D eigenvalue weighted by Gasteiger charge is 2.67. The monoisotopic (exact) mass is 270 g/mol.